The van der Waals surface area contributed by atoms with Crippen molar-refractivity contribution in [2.24, 2.45) is 0 Å². The summed E-state index contributed by atoms with van der Waals surface area (Å²) in [5.74, 6) is 0.827. The predicted molar refractivity (Wildman–Crippen MR) is 76.9 cm³/mol. The van der Waals surface area contributed by atoms with Crippen molar-refractivity contribution in [2.75, 3.05) is 5.88 Å². The van der Waals surface area contributed by atoms with Crippen LogP contribution >= 0.6 is 46.4 Å². The van der Waals surface area contributed by atoms with Gasteiger partial charge in [-0.2, -0.15) is 0 Å². The van der Waals surface area contributed by atoms with Gasteiger partial charge in [0.15, 0.2) is 0 Å². The minimum Gasteiger partial charge on any atom is -0.275 e. The highest BCUT2D eigenvalue weighted by atomic mass is 35.5. The molecule has 1 rings (SSSR count). The van der Waals surface area contributed by atoms with E-state index in [-0.39, 0.29) is 15.6 Å². The Morgan fingerprint density at radius 1 is 1.18 bits per heavy atom. The second-order valence-electron chi connectivity index (χ2n) is 3.27. The Morgan fingerprint density at radius 3 is 1.94 bits per heavy atom. The molecular weight excluding hydrogens is 302 g/mol. The van der Waals surface area contributed by atoms with E-state index in [1.807, 2.05) is 0 Å². The topological polar surface area (TPSA) is 17.1 Å². The van der Waals surface area contributed by atoms with Crippen LogP contribution in [0, 0.1) is 0 Å². The molecule has 5 heteroatoms. The molecule has 0 aliphatic heterocycles. The van der Waals surface area contributed by atoms with E-state index in [9.17, 15) is 4.79 Å². The molecule has 0 saturated heterocycles. The van der Waals surface area contributed by atoms with Crippen LogP contribution in [0.2, 0.25) is 10.0 Å². The monoisotopic (exact) mass is 314 g/mol. The van der Waals surface area contributed by atoms with Gasteiger partial charge in [-0.15, -0.1) is 11.6 Å². The number of carbonyl (C=O) groups excluding carboxylic acids is 1. The first-order valence-electron chi connectivity index (χ1n) is 5.24. The van der Waals surface area contributed by atoms with Crippen LogP contribution in [-0.2, 0) is 0 Å². The highest BCUT2D eigenvalue weighted by molar-refractivity contribution is 6.69. The van der Waals surface area contributed by atoms with Crippen molar-refractivity contribution in [3.8, 4) is 0 Å². The molecule has 0 saturated carbocycles. The molecule has 0 radical (unpaired) electrons. The van der Waals surface area contributed by atoms with Crippen LogP contribution in [0.3, 0.4) is 0 Å². The van der Waals surface area contributed by atoms with Gasteiger partial charge in [0, 0.05) is 5.88 Å². The quantitative estimate of drug-likeness (QED) is 0.390. The summed E-state index contributed by atoms with van der Waals surface area (Å²) in [6.07, 6.45) is 3.73. The molecule has 0 unspecified atom stereocenters. The van der Waals surface area contributed by atoms with Gasteiger partial charge in [-0.3, -0.25) is 4.79 Å². The first-order chi connectivity index (χ1) is 8.04. The Balaban J connectivity index is 0.000000366. The summed E-state index contributed by atoms with van der Waals surface area (Å²) in [6, 6.07) is 4.76. The van der Waals surface area contributed by atoms with Crippen molar-refractivity contribution in [1.29, 1.82) is 0 Å². The van der Waals surface area contributed by atoms with Crippen molar-refractivity contribution < 1.29 is 4.79 Å². The fraction of sp³-hybridized carbons (Fsp3) is 0.417. The van der Waals surface area contributed by atoms with Crippen LogP contribution < -0.4 is 0 Å². The standard InChI is InChI=1S/C7H3Cl3O.C5H11Cl/c8-4-2-1-3-5(9)6(4)7(10)11;1-2-3-4-5-6/h1-3H;2-5H2,1H3. The van der Waals surface area contributed by atoms with Gasteiger partial charge in [-0.1, -0.05) is 49.0 Å². The Morgan fingerprint density at radius 2 is 1.71 bits per heavy atom. The molecule has 0 fully saturated rings. The second-order valence-corrected chi connectivity index (χ2v) is 4.80. The molecule has 1 nitrogen and oxygen atoms in total. The first-order valence-corrected chi connectivity index (χ1v) is 6.91. The molecule has 0 amide bonds. The summed E-state index contributed by atoms with van der Waals surface area (Å²) >= 11 is 21.9. The lowest BCUT2D eigenvalue weighted by Gasteiger charge is -1.98. The van der Waals surface area contributed by atoms with Crippen LogP contribution in [0.1, 0.15) is 36.5 Å². The Hall–Kier alpha value is 0.0500. The van der Waals surface area contributed by atoms with Crippen LogP contribution in [0.5, 0.6) is 0 Å². The average Bonchev–Trinajstić information content (AvgIpc) is 2.26. The molecule has 0 aliphatic carbocycles. The largest absolute Gasteiger partial charge is 0.275 e. The number of benzene rings is 1. The maximum atomic E-state index is 10.7. The first kappa shape index (κ1) is 17.1. The zero-order valence-corrected chi connectivity index (χ0v) is 12.5. The number of halogens is 4. The minimum atomic E-state index is -0.638. The van der Waals surface area contributed by atoms with E-state index in [4.69, 9.17) is 46.4 Å². The lowest BCUT2D eigenvalue weighted by molar-refractivity contribution is 0.108. The fourth-order valence-corrected chi connectivity index (χ4v) is 2.09. The molecule has 96 valence electrons. The predicted octanol–water partition coefficient (Wildman–Crippen LogP) is 5.79. The van der Waals surface area contributed by atoms with E-state index >= 15 is 0 Å². The zero-order valence-electron chi connectivity index (χ0n) is 9.48. The molecule has 0 aliphatic rings. The lowest BCUT2D eigenvalue weighted by atomic mass is 10.2. The summed E-state index contributed by atoms with van der Waals surface area (Å²) in [5.41, 5.74) is 0.164. The maximum absolute atomic E-state index is 10.7. The third kappa shape index (κ3) is 7.15. The number of rotatable bonds is 4. The van der Waals surface area contributed by atoms with Gasteiger partial charge < -0.3 is 0 Å². The van der Waals surface area contributed by atoms with Gasteiger partial charge >= 0.3 is 0 Å². The summed E-state index contributed by atoms with van der Waals surface area (Å²) in [5, 5.41) is -0.0874. The smallest absolute Gasteiger partial charge is 0.255 e. The molecule has 0 bridgehead atoms. The normalized spacial score (nSPS) is 9.47. The lowest BCUT2D eigenvalue weighted by Crippen LogP contribution is -1.90. The number of alkyl halides is 1. The average molecular weight is 316 g/mol. The van der Waals surface area contributed by atoms with Crippen molar-refractivity contribution in [3.05, 3.63) is 33.8 Å². The molecule has 0 N–H and O–H groups in total. The van der Waals surface area contributed by atoms with E-state index in [1.54, 1.807) is 18.2 Å². The Kier molecular flexibility index (Phi) is 10.0. The van der Waals surface area contributed by atoms with E-state index in [0.29, 0.717) is 0 Å². The summed E-state index contributed by atoms with van der Waals surface area (Å²) in [4.78, 5) is 10.7. The number of hydrogen-bond acceptors (Lipinski definition) is 1. The van der Waals surface area contributed by atoms with Gasteiger partial charge in [0.1, 0.15) is 0 Å². The van der Waals surface area contributed by atoms with E-state index in [0.717, 1.165) is 5.88 Å². The van der Waals surface area contributed by atoms with Gasteiger partial charge in [0.25, 0.3) is 5.24 Å². The highest BCUT2D eigenvalue weighted by Crippen LogP contribution is 2.25. The van der Waals surface area contributed by atoms with Gasteiger partial charge in [-0.25, -0.2) is 0 Å². The Bertz CT molecular complexity index is 328. The molecule has 1 aromatic carbocycles. The second kappa shape index (κ2) is 10.0. The molecule has 0 heterocycles. The molecule has 0 spiro atoms. The van der Waals surface area contributed by atoms with Gasteiger partial charge in [0.2, 0.25) is 0 Å². The third-order valence-corrected chi connectivity index (χ3v) is 2.98. The summed E-state index contributed by atoms with van der Waals surface area (Å²) < 4.78 is 0. The van der Waals surface area contributed by atoms with Crippen LogP contribution in [0.25, 0.3) is 0 Å². The number of carbonyl (C=O) groups is 1. The minimum absolute atomic E-state index is 0.164. The molecule has 1 aromatic rings. The summed E-state index contributed by atoms with van der Waals surface area (Å²) in [7, 11) is 0. The fourth-order valence-electron chi connectivity index (χ4n) is 1.03. The SMILES string of the molecule is CCCCCCl.O=C(Cl)c1c(Cl)cccc1Cl. The van der Waals surface area contributed by atoms with E-state index in [1.165, 1.54) is 19.3 Å². The third-order valence-electron chi connectivity index (χ3n) is 1.90. The zero-order chi connectivity index (χ0) is 13.3. The van der Waals surface area contributed by atoms with Crippen molar-refractivity contribution >= 4 is 51.6 Å². The Labute approximate surface area is 122 Å². The molecule has 0 aromatic heterocycles. The number of hydrogen-bond donors (Lipinski definition) is 0. The van der Waals surface area contributed by atoms with Crippen molar-refractivity contribution in [3.63, 3.8) is 0 Å². The number of unbranched alkanes of at least 4 members (excludes halogenated alkanes) is 2. The van der Waals surface area contributed by atoms with Gasteiger partial charge in [0.05, 0.1) is 15.6 Å². The molecular formula is C12H14Cl4O. The van der Waals surface area contributed by atoms with Crippen LogP contribution in [0.15, 0.2) is 18.2 Å². The van der Waals surface area contributed by atoms with Crippen LogP contribution in [0.4, 0.5) is 0 Å². The molecule has 17 heavy (non-hydrogen) atoms. The van der Waals surface area contributed by atoms with Crippen LogP contribution in [-0.4, -0.2) is 11.1 Å². The van der Waals surface area contributed by atoms with E-state index < -0.39 is 5.24 Å². The van der Waals surface area contributed by atoms with Crippen molar-refractivity contribution in [1.82, 2.24) is 0 Å². The van der Waals surface area contributed by atoms with E-state index in [2.05, 4.69) is 6.92 Å². The molecule has 0 atom stereocenters. The van der Waals surface area contributed by atoms with Crippen molar-refractivity contribution in [2.45, 2.75) is 26.2 Å². The highest BCUT2D eigenvalue weighted by Gasteiger charge is 2.10. The maximum Gasteiger partial charge on any atom is 0.255 e. The van der Waals surface area contributed by atoms with Gasteiger partial charge in [-0.05, 0) is 30.2 Å². The summed E-state index contributed by atoms with van der Waals surface area (Å²) in [6.45, 7) is 2.17.